The molecule has 5 nitrogen and oxygen atoms in total. The van der Waals surface area contributed by atoms with Crippen LogP contribution in [0, 0.1) is 12.8 Å². The maximum absolute atomic E-state index is 12.9. The van der Waals surface area contributed by atoms with E-state index in [1.165, 1.54) is 5.56 Å². The fourth-order valence-electron chi connectivity index (χ4n) is 3.53. The minimum absolute atomic E-state index is 0. The predicted octanol–water partition coefficient (Wildman–Crippen LogP) is 4.97. The molecular formula is C23H25Cl2N3O2. The first-order chi connectivity index (χ1) is 13.7. The van der Waals surface area contributed by atoms with E-state index in [9.17, 15) is 4.79 Å². The number of anilines is 1. The number of carbonyl (C=O) groups excluding carboxylic acids is 1. The van der Waals surface area contributed by atoms with Gasteiger partial charge >= 0.3 is 0 Å². The number of pyridine rings is 1. The summed E-state index contributed by atoms with van der Waals surface area (Å²) in [7, 11) is 0. The molecule has 30 heavy (non-hydrogen) atoms. The van der Waals surface area contributed by atoms with Gasteiger partial charge in [0.15, 0.2) is 0 Å². The fourth-order valence-corrected chi connectivity index (χ4v) is 3.53. The highest BCUT2D eigenvalue weighted by molar-refractivity contribution is 5.93. The predicted molar refractivity (Wildman–Crippen MR) is 124 cm³/mol. The van der Waals surface area contributed by atoms with Gasteiger partial charge in [0.1, 0.15) is 11.5 Å². The van der Waals surface area contributed by atoms with Gasteiger partial charge < -0.3 is 15.4 Å². The summed E-state index contributed by atoms with van der Waals surface area (Å²) in [6.07, 6.45) is 1.69. The first-order valence-electron chi connectivity index (χ1n) is 9.46. The second-order valence-electron chi connectivity index (χ2n) is 7.04. The molecule has 0 radical (unpaired) electrons. The van der Waals surface area contributed by atoms with Crippen LogP contribution in [-0.2, 0) is 4.79 Å². The molecule has 0 bridgehead atoms. The first-order valence-corrected chi connectivity index (χ1v) is 9.46. The number of amides is 1. The molecule has 1 aliphatic rings. The number of halogens is 2. The van der Waals surface area contributed by atoms with Crippen molar-refractivity contribution in [2.45, 2.75) is 12.8 Å². The Morgan fingerprint density at radius 2 is 1.80 bits per heavy atom. The van der Waals surface area contributed by atoms with Crippen molar-refractivity contribution >= 4 is 36.4 Å². The number of aromatic nitrogens is 1. The lowest BCUT2D eigenvalue weighted by atomic mass is 9.88. The lowest BCUT2D eigenvalue weighted by molar-refractivity contribution is -0.119. The van der Waals surface area contributed by atoms with Crippen LogP contribution in [0.1, 0.15) is 17.2 Å². The Morgan fingerprint density at radius 3 is 2.53 bits per heavy atom. The van der Waals surface area contributed by atoms with E-state index in [0.29, 0.717) is 18.0 Å². The Balaban J connectivity index is 0.00000160. The molecule has 4 rings (SSSR count). The summed E-state index contributed by atoms with van der Waals surface area (Å²) in [5, 5.41) is 6.39. The van der Waals surface area contributed by atoms with Crippen molar-refractivity contribution in [2.75, 3.05) is 18.4 Å². The van der Waals surface area contributed by atoms with Crippen molar-refractivity contribution in [3.05, 3.63) is 84.2 Å². The minimum atomic E-state index is -0.103. The first kappa shape index (κ1) is 23.7. The van der Waals surface area contributed by atoms with Crippen molar-refractivity contribution in [3.8, 4) is 11.5 Å². The zero-order chi connectivity index (χ0) is 19.3. The molecule has 3 aromatic rings. The van der Waals surface area contributed by atoms with Crippen molar-refractivity contribution in [1.29, 1.82) is 0 Å². The Bertz CT molecular complexity index is 952. The van der Waals surface area contributed by atoms with Gasteiger partial charge in [-0.1, -0.05) is 36.4 Å². The quantitative estimate of drug-likeness (QED) is 0.581. The topological polar surface area (TPSA) is 63.2 Å². The highest BCUT2D eigenvalue weighted by atomic mass is 35.5. The van der Waals surface area contributed by atoms with Gasteiger partial charge in [0.25, 0.3) is 0 Å². The molecule has 1 fully saturated rings. The zero-order valence-corrected chi connectivity index (χ0v) is 18.2. The normalized spacial score (nSPS) is 17.4. The van der Waals surface area contributed by atoms with Gasteiger partial charge in [0, 0.05) is 36.5 Å². The molecule has 1 aliphatic heterocycles. The third-order valence-electron chi connectivity index (χ3n) is 5.00. The number of hydrogen-bond acceptors (Lipinski definition) is 4. The largest absolute Gasteiger partial charge is 0.456 e. The summed E-state index contributed by atoms with van der Waals surface area (Å²) < 4.78 is 5.85. The van der Waals surface area contributed by atoms with Crippen LogP contribution in [-0.4, -0.2) is 24.0 Å². The smallest absolute Gasteiger partial charge is 0.229 e. The summed E-state index contributed by atoms with van der Waals surface area (Å²) in [4.78, 5) is 17.1. The molecule has 2 N–H and O–H groups in total. The highest BCUT2D eigenvalue weighted by Crippen LogP contribution is 2.30. The van der Waals surface area contributed by atoms with Gasteiger partial charge in [-0.25, -0.2) is 0 Å². The molecule has 0 spiro atoms. The number of ether oxygens (including phenoxy) is 1. The monoisotopic (exact) mass is 445 g/mol. The van der Waals surface area contributed by atoms with Crippen molar-refractivity contribution in [2.24, 2.45) is 5.92 Å². The summed E-state index contributed by atoms with van der Waals surface area (Å²) in [6.45, 7) is 3.42. The van der Waals surface area contributed by atoms with Gasteiger partial charge in [-0.05, 0) is 36.8 Å². The number of benzene rings is 2. The Labute approximate surface area is 189 Å². The molecule has 2 aromatic carbocycles. The van der Waals surface area contributed by atoms with Gasteiger partial charge in [-0.2, -0.15) is 0 Å². The van der Waals surface area contributed by atoms with E-state index in [1.807, 2.05) is 61.5 Å². The summed E-state index contributed by atoms with van der Waals surface area (Å²) >= 11 is 0. The van der Waals surface area contributed by atoms with Crippen LogP contribution >= 0.6 is 24.8 Å². The summed E-state index contributed by atoms with van der Waals surface area (Å²) in [5.74, 6) is 1.42. The van der Waals surface area contributed by atoms with Crippen molar-refractivity contribution < 1.29 is 9.53 Å². The van der Waals surface area contributed by atoms with Crippen LogP contribution in [0.25, 0.3) is 0 Å². The Morgan fingerprint density at radius 1 is 1.00 bits per heavy atom. The van der Waals surface area contributed by atoms with Crippen LogP contribution in [0.3, 0.4) is 0 Å². The molecule has 7 heteroatoms. The maximum Gasteiger partial charge on any atom is 0.229 e. The number of rotatable bonds is 5. The van der Waals surface area contributed by atoms with Crippen LogP contribution in [0.15, 0.2) is 72.9 Å². The average molecular weight is 446 g/mol. The van der Waals surface area contributed by atoms with E-state index in [-0.39, 0.29) is 42.6 Å². The number of nitrogens with zero attached hydrogens (tertiary/aromatic N) is 1. The molecule has 2 atom stereocenters. The second-order valence-corrected chi connectivity index (χ2v) is 7.04. The number of hydrogen-bond donors (Lipinski definition) is 2. The van der Waals surface area contributed by atoms with Crippen molar-refractivity contribution in [1.82, 2.24) is 10.3 Å². The second kappa shape index (κ2) is 11.0. The summed E-state index contributed by atoms with van der Waals surface area (Å²) in [5.41, 5.74) is 2.85. The van der Waals surface area contributed by atoms with E-state index in [0.717, 1.165) is 17.9 Å². The summed E-state index contributed by atoms with van der Waals surface area (Å²) in [6, 6.07) is 21.4. The standard InChI is InChI=1S/C23H23N3O2.2ClH/c1-16-10-11-20(13-25-16)28-19-9-5-8-18(12-19)26-23(27)22-15-24-14-21(22)17-6-3-2-4-7-17;;/h2-13,21-22,24H,14-15H2,1H3,(H,26,27);2*1H. The molecule has 1 amide bonds. The van der Waals surface area contributed by atoms with Crippen LogP contribution in [0.4, 0.5) is 5.69 Å². The van der Waals surface area contributed by atoms with E-state index >= 15 is 0 Å². The lowest BCUT2D eigenvalue weighted by Gasteiger charge is -2.19. The molecule has 2 unspecified atom stereocenters. The molecular weight excluding hydrogens is 421 g/mol. The number of aryl methyl sites for hydroxylation is 1. The SMILES string of the molecule is Cc1ccc(Oc2cccc(NC(=O)C3CNCC3c3ccccc3)c2)cn1.Cl.Cl. The van der Waals surface area contributed by atoms with Gasteiger partial charge in [-0.3, -0.25) is 9.78 Å². The Hall–Kier alpha value is -2.60. The molecule has 1 aromatic heterocycles. The molecule has 158 valence electrons. The average Bonchev–Trinajstić information content (AvgIpc) is 3.21. The number of nitrogens with one attached hydrogen (secondary N) is 2. The van der Waals surface area contributed by atoms with Gasteiger partial charge in [0.05, 0.1) is 12.1 Å². The Kier molecular flexibility index (Phi) is 8.66. The van der Waals surface area contributed by atoms with Crippen LogP contribution in [0.5, 0.6) is 11.5 Å². The van der Waals surface area contributed by atoms with E-state index < -0.39 is 0 Å². The van der Waals surface area contributed by atoms with E-state index in [1.54, 1.807) is 6.20 Å². The van der Waals surface area contributed by atoms with E-state index in [2.05, 4.69) is 27.8 Å². The van der Waals surface area contributed by atoms with Gasteiger partial charge in [0.2, 0.25) is 5.91 Å². The van der Waals surface area contributed by atoms with Gasteiger partial charge in [-0.15, -0.1) is 24.8 Å². The lowest BCUT2D eigenvalue weighted by Crippen LogP contribution is -2.28. The van der Waals surface area contributed by atoms with E-state index in [4.69, 9.17) is 4.74 Å². The third-order valence-corrected chi connectivity index (χ3v) is 5.00. The third kappa shape index (κ3) is 5.72. The zero-order valence-electron chi connectivity index (χ0n) is 16.6. The highest BCUT2D eigenvalue weighted by Gasteiger charge is 2.33. The van der Waals surface area contributed by atoms with Crippen molar-refractivity contribution in [3.63, 3.8) is 0 Å². The minimum Gasteiger partial charge on any atom is -0.456 e. The maximum atomic E-state index is 12.9. The molecule has 0 aliphatic carbocycles. The van der Waals surface area contributed by atoms with Crippen LogP contribution < -0.4 is 15.4 Å². The van der Waals surface area contributed by atoms with Crippen LogP contribution in [0.2, 0.25) is 0 Å². The number of carbonyl (C=O) groups is 1. The fraction of sp³-hybridized carbons (Fsp3) is 0.217. The molecule has 1 saturated heterocycles. The molecule has 0 saturated carbocycles. The molecule has 2 heterocycles.